The Hall–Kier alpha value is -0.724. The summed E-state index contributed by atoms with van der Waals surface area (Å²) in [5.41, 5.74) is -3.82. The summed E-state index contributed by atoms with van der Waals surface area (Å²) in [7, 11) is 0. The Labute approximate surface area is 227 Å². The number of aliphatic carboxylic acids is 1. The molecule has 2 aromatic rings. The van der Waals surface area contributed by atoms with Crippen LogP contribution in [-0.2, 0) is 14.3 Å². The number of Topliss-reactive ketones (excluding diaryl/α,β-unsaturated/α-hetero) is 1. The predicted molar refractivity (Wildman–Crippen MR) is 88.5 cm³/mol. The second kappa shape index (κ2) is 12.1. The van der Waals surface area contributed by atoms with Gasteiger partial charge in [0.2, 0.25) is 5.78 Å². The van der Waals surface area contributed by atoms with Crippen LogP contribution in [0.3, 0.4) is 0 Å². The van der Waals surface area contributed by atoms with Crippen LogP contribution >= 0.6 is 0 Å². The third-order valence-corrected chi connectivity index (χ3v) is 3.52. The number of carboxylic acids is 1. The quantitative estimate of drug-likeness (QED) is 0.182. The van der Waals surface area contributed by atoms with Gasteiger partial charge in [-0.2, -0.15) is 0 Å². The molecule has 2 unspecified atom stereocenters. The number of esters is 2. The molecule has 8 nitrogen and oxygen atoms in total. The molecule has 3 N–H and O–H groups in total. The Morgan fingerprint density at radius 3 is 1.75 bits per heavy atom. The van der Waals surface area contributed by atoms with Crippen LogP contribution in [0.1, 0.15) is 23.6 Å². The van der Waals surface area contributed by atoms with Crippen molar-refractivity contribution in [2.75, 3.05) is 0 Å². The van der Waals surface area contributed by atoms with E-state index >= 15 is 0 Å². The van der Waals surface area contributed by atoms with Gasteiger partial charge in [0, 0.05) is 5.56 Å². The zero-order valence-electron chi connectivity index (χ0n) is 17.2. The summed E-state index contributed by atoms with van der Waals surface area (Å²) in [6, 6.07) is 13.9. The second-order valence-electron chi connectivity index (χ2n) is 5.25. The Morgan fingerprint density at radius 2 is 1.32 bits per heavy atom. The maximum Gasteiger partial charge on any atom is 1.00 e. The minimum absolute atomic E-state index is 0. The predicted octanol–water partition coefficient (Wildman–Crippen LogP) is -5.34. The largest absolute Gasteiger partial charge is 1.00 e. The number of ketones is 1. The smallest absolute Gasteiger partial charge is 1.00 e. The van der Waals surface area contributed by atoms with Crippen molar-refractivity contribution in [1.29, 1.82) is 0 Å². The zero-order chi connectivity index (χ0) is 19.3. The van der Waals surface area contributed by atoms with Crippen LogP contribution in [-0.4, -0.2) is 50.7 Å². The molecular formula is C18H16KNaO8. The number of ether oxygens (including phenoxy) is 1. The first-order chi connectivity index (χ1) is 12.3. The number of benzene rings is 2. The van der Waals surface area contributed by atoms with Gasteiger partial charge in [-0.05, 0) is 12.1 Å². The molecule has 138 valence electrons. The van der Waals surface area contributed by atoms with Gasteiger partial charge in [0.1, 0.15) is 0 Å². The number of carbonyl (C=O) groups is 4. The van der Waals surface area contributed by atoms with Gasteiger partial charge in [0.05, 0.1) is 5.56 Å². The normalized spacial score (nSPS) is 12.9. The molecule has 10 heteroatoms. The van der Waals surface area contributed by atoms with Gasteiger partial charge in [-0.25, -0.2) is 14.4 Å². The van der Waals surface area contributed by atoms with E-state index in [1.807, 2.05) is 0 Å². The molecule has 0 bridgehead atoms. The van der Waals surface area contributed by atoms with E-state index in [0.717, 1.165) is 0 Å². The van der Waals surface area contributed by atoms with Gasteiger partial charge in [0.15, 0.2) is 6.10 Å². The zero-order valence-corrected chi connectivity index (χ0v) is 20.4. The SMILES string of the molecule is O=C(OC(=O)C(O)(C(=O)c1ccccc1)C(O)C(=O)O)c1ccccc1.[H-].[H-].[K+].[Na+]. The van der Waals surface area contributed by atoms with Crippen LogP contribution in [0.4, 0.5) is 0 Å². The van der Waals surface area contributed by atoms with E-state index in [9.17, 15) is 29.4 Å². The minimum atomic E-state index is -3.50. The van der Waals surface area contributed by atoms with Gasteiger partial charge >= 0.3 is 98.8 Å². The molecule has 28 heavy (non-hydrogen) atoms. The third-order valence-electron chi connectivity index (χ3n) is 3.52. The fourth-order valence-corrected chi connectivity index (χ4v) is 2.11. The van der Waals surface area contributed by atoms with E-state index in [0.29, 0.717) is 0 Å². The summed E-state index contributed by atoms with van der Waals surface area (Å²) < 4.78 is 4.44. The van der Waals surface area contributed by atoms with Gasteiger partial charge in [-0.3, -0.25) is 4.79 Å². The van der Waals surface area contributed by atoms with Crippen LogP contribution in [0.25, 0.3) is 0 Å². The topological polar surface area (TPSA) is 138 Å². The molecule has 0 radical (unpaired) electrons. The van der Waals surface area contributed by atoms with Crippen molar-refractivity contribution < 1.29 is 123 Å². The standard InChI is InChI=1S/C18H14O8.K.Na.2H/c19-13(11-7-3-1-4-8-11)18(25,14(20)15(21)22)17(24)26-16(23)12-9-5-2-6-10-12;;;;/h1-10,14,20,25H,(H,21,22);;;;/q;2*+1;2*-1. The molecule has 0 saturated heterocycles. The maximum atomic E-state index is 12.5. The summed E-state index contributed by atoms with van der Waals surface area (Å²) >= 11 is 0. The van der Waals surface area contributed by atoms with Crippen molar-refractivity contribution in [2.24, 2.45) is 0 Å². The minimum Gasteiger partial charge on any atom is -1.00 e. The van der Waals surface area contributed by atoms with Gasteiger partial charge in [-0.1, -0.05) is 48.5 Å². The van der Waals surface area contributed by atoms with E-state index in [1.54, 1.807) is 12.1 Å². The summed E-state index contributed by atoms with van der Waals surface area (Å²) in [6.45, 7) is 0. The van der Waals surface area contributed by atoms with Crippen LogP contribution in [0.2, 0.25) is 0 Å². The van der Waals surface area contributed by atoms with Crippen molar-refractivity contribution in [2.45, 2.75) is 11.7 Å². The maximum absolute atomic E-state index is 12.5. The molecule has 2 atom stereocenters. The molecule has 0 spiro atoms. The molecule has 0 aliphatic heterocycles. The summed E-state index contributed by atoms with van der Waals surface area (Å²) in [4.78, 5) is 47.8. The third kappa shape index (κ3) is 6.13. The number of hydrogen-bond donors (Lipinski definition) is 3. The summed E-state index contributed by atoms with van der Waals surface area (Å²) in [5, 5.41) is 29.1. The number of carboxylic acid groups (broad SMARTS) is 1. The molecule has 0 fully saturated rings. The van der Waals surface area contributed by atoms with Crippen LogP contribution in [0, 0.1) is 0 Å². The Morgan fingerprint density at radius 1 is 0.893 bits per heavy atom. The molecular weight excluding hydrogens is 406 g/mol. The van der Waals surface area contributed by atoms with E-state index in [4.69, 9.17) is 5.11 Å². The van der Waals surface area contributed by atoms with Crippen molar-refractivity contribution in [3.05, 3.63) is 71.8 Å². The Bertz CT molecular complexity index is 854. The Balaban J connectivity index is -0.00000182. The molecule has 0 amide bonds. The first-order valence-electron chi connectivity index (χ1n) is 7.33. The monoisotopic (exact) mass is 422 g/mol. The average molecular weight is 422 g/mol. The molecule has 0 heterocycles. The number of aliphatic hydroxyl groups is 2. The number of carbonyl (C=O) groups excluding carboxylic acids is 3. The molecule has 0 aromatic heterocycles. The first-order valence-corrected chi connectivity index (χ1v) is 7.33. The molecule has 2 rings (SSSR count). The van der Waals surface area contributed by atoms with Crippen molar-refractivity contribution in [1.82, 2.24) is 0 Å². The van der Waals surface area contributed by atoms with E-state index in [-0.39, 0.29) is 94.9 Å². The van der Waals surface area contributed by atoms with E-state index < -0.39 is 35.4 Å². The van der Waals surface area contributed by atoms with Gasteiger partial charge < -0.3 is 22.9 Å². The molecule has 0 aliphatic rings. The summed E-state index contributed by atoms with van der Waals surface area (Å²) in [6.07, 6.45) is -2.84. The second-order valence-corrected chi connectivity index (χ2v) is 5.25. The van der Waals surface area contributed by atoms with Gasteiger partial charge in [-0.15, -0.1) is 0 Å². The van der Waals surface area contributed by atoms with E-state index in [1.165, 1.54) is 48.5 Å². The van der Waals surface area contributed by atoms with Crippen LogP contribution in [0.15, 0.2) is 60.7 Å². The molecule has 0 aliphatic carbocycles. The first kappa shape index (κ1) is 27.3. The Kier molecular flexibility index (Phi) is 11.8. The fourth-order valence-electron chi connectivity index (χ4n) is 2.11. The van der Waals surface area contributed by atoms with Crippen molar-refractivity contribution in [3.8, 4) is 0 Å². The number of aliphatic hydroxyl groups excluding tert-OH is 1. The molecule has 0 saturated carbocycles. The van der Waals surface area contributed by atoms with Crippen molar-refractivity contribution in [3.63, 3.8) is 0 Å². The van der Waals surface area contributed by atoms with E-state index in [2.05, 4.69) is 4.74 Å². The van der Waals surface area contributed by atoms with Gasteiger partial charge in [0.25, 0.3) is 5.60 Å². The van der Waals surface area contributed by atoms with Crippen molar-refractivity contribution >= 4 is 23.7 Å². The number of rotatable bonds is 6. The number of hydrogen-bond acceptors (Lipinski definition) is 7. The van der Waals surface area contributed by atoms with Crippen LogP contribution < -0.4 is 80.9 Å². The summed E-state index contributed by atoms with van der Waals surface area (Å²) in [5.74, 6) is -6.57. The molecule has 2 aromatic carbocycles. The van der Waals surface area contributed by atoms with Crippen LogP contribution in [0.5, 0.6) is 0 Å². The average Bonchev–Trinajstić information content (AvgIpc) is 2.67. The fraction of sp³-hybridized carbons (Fsp3) is 0.111.